The fourth-order valence-corrected chi connectivity index (χ4v) is 13.4. The number of carbonyl (C=O) groups is 16. The van der Waals surface area contributed by atoms with Crippen molar-refractivity contribution in [2.45, 2.75) is 197 Å². The maximum atomic E-state index is 15.2. The predicted octanol–water partition coefficient (Wildman–Crippen LogP) is -3.27. The number of carboxylic acid groups (broad SMARTS) is 2. The number of aromatic hydroxyl groups is 1. The van der Waals surface area contributed by atoms with Gasteiger partial charge in [-0.15, -0.1) is 0 Å². The summed E-state index contributed by atoms with van der Waals surface area (Å²) in [7, 11) is 0. The molecule has 0 aliphatic carbocycles. The second-order valence-corrected chi connectivity index (χ2v) is 30.4. The van der Waals surface area contributed by atoms with E-state index in [1.807, 2.05) is 0 Å². The summed E-state index contributed by atoms with van der Waals surface area (Å²) >= 11 is 1.23. The van der Waals surface area contributed by atoms with Crippen molar-refractivity contribution in [3.05, 3.63) is 120 Å². The number of nitrogens with one attached hydrogen (secondary N) is 16. The molecule has 46 heteroatoms. The summed E-state index contributed by atoms with van der Waals surface area (Å²) in [5.74, 6) is -17.7. The molecule has 1 fully saturated rings. The van der Waals surface area contributed by atoms with Crippen molar-refractivity contribution in [2.24, 2.45) is 23.1 Å². The lowest BCUT2D eigenvalue weighted by Gasteiger charge is -2.30. The fraction of sp³-hybridized carbons (Fsp3) is 0.500. The third kappa shape index (κ3) is 35.7. The van der Waals surface area contributed by atoms with Crippen molar-refractivity contribution in [1.82, 2.24) is 89.0 Å². The molecule has 126 heavy (non-hydrogen) atoms. The van der Waals surface area contributed by atoms with E-state index in [0.717, 1.165) is 6.92 Å². The number of hydrogen-bond acceptors (Lipinski definition) is 23. The van der Waals surface area contributed by atoms with Gasteiger partial charge < -0.3 is 127 Å². The van der Waals surface area contributed by atoms with Gasteiger partial charge in [-0.3, -0.25) is 77.3 Å². The monoisotopic (exact) mass is 1790 g/mol. The molecule has 1 saturated heterocycles. The van der Waals surface area contributed by atoms with Crippen LogP contribution in [0.3, 0.4) is 0 Å². The van der Waals surface area contributed by atoms with Crippen LogP contribution in [0.4, 0.5) is 13.2 Å². The molecule has 0 spiro atoms. The lowest BCUT2D eigenvalue weighted by molar-refractivity contribution is -0.192. The van der Waals surface area contributed by atoms with Crippen LogP contribution in [0.15, 0.2) is 97.6 Å². The van der Waals surface area contributed by atoms with Crippen molar-refractivity contribution < 1.29 is 115 Å². The van der Waals surface area contributed by atoms with Crippen LogP contribution in [0.1, 0.15) is 115 Å². The number of thioether (sulfide) groups is 1. The number of benzene rings is 3. The second kappa shape index (κ2) is 53.3. The first-order valence-corrected chi connectivity index (χ1v) is 41.2. The molecule has 1 aliphatic heterocycles. The number of aliphatic hydroxyl groups excluding tert-OH is 2. The number of nitrogens with zero attached hydrogens (tertiary/aromatic N) is 2. The van der Waals surface area contributed by atoms with Crippen LogP contribution in [0.2, 0.25) is 0 Å². The largest absolute Gasteiger partial charge is 0.508 e. The van der Waals surface area contributed by atoms with E-state index in [-0.39, 0.29) is 102 Å². The van der Waals surface area contributed by atoms with E-state index >= 15 is 14.4 Å². The van der Waals surface area contributed by atoms with Gasteiger partial charge >= 0.3 is 18.1 Å². The Morgan fingerprint density at radius 3 is 1.59 bits per heavy atom. The van der Waals surface area contributed by atoms with Gasteiger partial charge in [-0.1, -0.05) is 81.9 Å². The number of alkyl halides is 3. The number of imidazole rings is 1. The van der Waals surface area contributed by atoms with Gasteiger partial charge in [0.2, 0.25) is 82.7 Å². The average Bonchev–Trinajstić information content (AvgIpc) is 1.69. The van der Waals surface area contributed by atoms with E-state index in [0.29, 0.717) is 46.9 Å². The highest BCUT2D eigenvalue weighted by Gasteiger charge is 2.42. The number of aromatic amines is 2. The number of likely N-dealkylation sites (tertiary alicyclic amines) is 1. The standard InChI is InChI=1S/C77H109N21O19S.C2HF3O2.CH4/c1-42(2)64(65(79)106)97-75(116)61-20-13-30-98(61)76(117)54(18-10-11-28-78)88-62(103)38-85-66(107)57(34-46-36-84-50-17-9-8-16-49(46)50)94-67(108)51(19-12-29-83-77(80)81)89-70(111)55(32-44-14-6-5-7-15-44)92-72(113)58(35-47-37-82-41-86-47)95-68(109)52(25-26-63(104)105)90-69(110)53(27-31-118-4)91-74(115)60(40-100)96-71(112)56(33-45-21-23-48(102)24-22-45)93-73(114)59(39-99)87-43(3)101;3-2(4,5)1(6)7;/h5-9,14-17,21-24,36-37,41-42,51-61,64,84,99-100,102H,10-13,18-20,25-35,38-40,78H2,1-4H3,(H2,79,106)(H,82,86)(H,85,107)(H,87,101)(H,88,103)(H,89,111)(H,90,110)(H,91,115)(H,92,113)(H,93,114)(H,94,108)(H,95,109)(H,96,112)(H,97,116)(H,104,105)(H4,80,81,83);(H,6,7);1H4/t51-,52-,53-,54-,55-,56-,57-,58-,59-,60-,61-,64-;;/m0../s1. The zero-order chi connectivity index (χ0) is 92.6. The number of carboxylic acids is 2. The number of rotatable bonds is 50. The van der Waals surface area contributed by atoms with Gasteiger partial charge in [-0.2, -0.15) is 24.9 Å². The number of phenolic OH excluding ortho intramolecular Hbond substituents is 1. The van der Waals surface area contributed by atoms with Crippen molar-refractivity contribution >= 4 is 123 Å². The third-order valence-electron chi connectivity index (χ3n) is 19.5. The molecular formula is C80H114F3N21O21S. The van der Waals surface area contributed by atoms with Gasteiger partial charge in [0.15, 0.2) is 5.96 Å². The van der Waals surface area contributed by atoms with Crippen LogP contribution >= 0.6 is 11.8 Å². The Bertz CT molecular complexity index is 4490. The molecule has 2 aromatic heterocycles. The van der Waals surface area contributed by atoms with Crippen LogP contribution in [0.25, 0.3) is 10.9 Å². The van der Waals surface area contributed by atoms with Gasteiger partial charge in [0.1, 0.15) is 78.3 Å². The Balaban J connectivity index is 0.00000398. The molecule has 0 saturated carbocycles. The summed E-state index contributed by atoms with van der Waals surface area (Å²) in [5, 5.41) is 89.0. The summed E-state index contributed by atoms with van der Waals surface area (Å²) in [5.41, 5.74) is 19.3. The Kier molecular flexibility index (Phi) is 44.5. The predicted molar refractivity (Wildman–Crippen MR) is 451 cm³/mol. The highest BCUT2D eigenvalue weighted by molar-refractivity contribution is 7.98. The third-order valence-corrected chi connectivity index (χ3v) is 20.1. The number of aliphatic hydroxyl groups is 2. The molecule has 14 amide bonds. The minimum atomic E-state index is -5.08. The second-order valence-electron chi connectivity index (χ2n) is 29.5. The number of unbranched alkanes of at least 4 members (excludes halogenated alkanes) is 1. The van der Waals surface area contributed by atoms with Crippen LogP contribution in [-0.2, 0) is 102 Å². The molecule has 6 rings (SSSR count). The van der Waals surface area contributed by atoms with E-state index in [9.17, 15) is 91.1 Å². The number of hydrogen-bond donors (Lipinski definition) is 24. The number of phenols is 1. The number of carbonyl (C=O) groups excluding carboxylic acids is 14. The summed E-state index contributed by atoms with van der Waals surface area (Å²) in [6.07, 6.45) is -0.445. The van der Waals surface area contributed by atoms with Crippen LogP contribution in [0.5, 0.6) is 5.75 Å². The average molecular weight is 1790 g/mol. The lowest BCUT2D eigenvalue weighted by Crippen LogP contribution is -2.61. The minimum Gasteiger partial charge on any atom is -0.508 e. The van der Waals surface area contributed by atoms with Crippen molar-refractivity contribution in [1.29, 1.82) is 5.41 Å². The zero-order valence-corrected chi connectivity index (χ0v) is 69.8. The molecule has 0 unspecified atom stereocenters. The first kappa shape index (κ1) is 105. The maximum absolute atomic E-state index is 15.2. The Morgan fingerprint density at radius 2 is 1.08 bits per heavy atom. The number of halogens is 3. The molecule has 5 aromatic rings. The Labute approximate surface area is 727 Å². The number of H-pyrrole nitrogens is 2. The molecular weight excluding hydrogens is 1680 g/mol. The quantitative estimate of drug-likeness (QED) is 0.0103. The topological polar surface area (TPSA) is 680 Å². The molecule has 692 valence electrons. The number of aromatic nitrogens is 3. The Hall–Kier alpha value is -13.0. The van der Waals surface area contributed by atoms with E-state index < -0.39 is 218 Å². The molecule has 0 radical (unpaired) electrons. The van der Waals surface area contributed by atoms with Crippen molar-refractivity contribution in [3.63, 3.8) is 0 Å². The normalized spacial score (nSPS) is 14.9. The molecule has 42 nitrogen and oxygen atoms in total. The van der Waals surface area contributed by atoms with Crippen LogP contribution in [-0.4, -0.2) is 276 Å². The van der Waals surface area contributed by atoms with Crippen LogP contribution in [0, 0.1) is 11.3 Å². The molecule has 12 atom stereocenters. The van der Waals surface area contributed by atoms with Gasteiger partial charge in [-0.05, 0) is 117 Å². The van der Waals surface area contributed by atoms with Crippen LogP contribution < -0.4 is 86.3 Å². The summed E-state index contributed by atoms with van der Waals surface area (Å²) in [4.78, 5) is 229. The van der Waals surface area contributed by atoms with E-state index in [1.165, 1.54) is 53.5 Å². The van der Waals surface area contributed by atoms with Crippen molar-refractivity contribution in [2.75, 3.05) is 51.4 Å². The number of primary amides is 1. The van der Waals surface area contributed by atoms with Gasteiger partial charge in [-0.25, -0.2) is 9.78 Å². The Morgan fingerprint density at radius 1 is 0.587 bits per heavy atom. The minimum absolute atomic E-state index is 0. The number of guanidine groups is 1. The molecule has 0 bridgehead atoms. The molecule has 1 aliphatic rings. The fourth-order valence-electron chi connectivity index (χ4n) is 12.9. The molecule has 27 N–H and O–H groups in total. The summed E-state index contributed by atoms with van der Waals surface area (Å²) < 4.78 is 31.7. The van der Waals surface area contributed by atoms with Gasteiger partial charge in [0, 0.05) is 81.1 Å². The smallest absolute Gasteiger partial charge is 0.490 e. The molecule has 3 heterocycles. The summed E-state index contributed by atoms with van der Waals surface area (Å²) in [6.45, 7) is 2.20. The van der Waals surface area contributed by atoms with E-state index in [2.05, 4.69) is 84.1 Å². The maximum Gasteiger partial charge on any atom is 0.490 e. The van der Waals surface area contributed by atoms with E-state index in [1.54, 1.807) is 80.9 Å². The highest BCUT2D eigenvalue weighted by Crippen LogP contribution is 2.23. The van der Waals surface area contributed by atoms with E-state index in [4.69, 9.17) is 32.5 Å². The highest BCUT2D eigenvalue weighted by atomic mass is 32.2. The van der Waals surface area contributed by atoms with Gasteiger partial charge in [0.25, 0.3) is 0 Å². The number of aliphatic carboxylic acids is 2. The zero-order valence-electron chi connectivity index (χ0n) is 69.0. The number of fused-ring (bicyclic) bond motifs is 1. The van der Waals surface area contributed by atoms with Crippen molar-refractivity contribution in [3.8, 4) is 5.75 Å². The number of para-hydroxylation sites is 1. The van der Waals surface area contributed by atoms with Gasteiger partial charge in [0.05, 0.1) is 26.1 Å². The first-order valence-electron chi connectivity index (χ1n) is 39.8. The first-order chi connectivity index (χ1) is 59.3. The molecule has 3 aromatic carbocycles. The number of nitrogens with two attached hydrogens (primary N) is 3. The summed E-state index contributed by atoms with van der Waals surface area (Å²) in [6, 6.07) is 2.94. The lowest BCUT2D eigenvalue weighted by atomic mass is 10.0. The number of amides is 14. The SMILES string of the molecule is C.CSCC[C@H](NC(=O)[C@H](CO)NC(=O)[C@H](Cc1ccc(O)cc1)NC(=O)[C@H](CO)NC(C)=O)C(=O)N[C@@H](CCC(=O)O)C(=O)N[C@@H](Cc1cnc[nH]1)C(=O)N[C@@H](Cc1ccccc1)C(=O)N[C@@H](CCCNC(=N)N)C(=O)N[C@@H](Cc1c[nH]c2ccccc12)C(=O)NCC(=O)N[C@@H](CCCCN)C(=O)N1CCC[C@H]1C(=O)N[C@H](C(N)=O)C(C)C.O=C(O)C(F)(F)F.